The largest absolute Gasteiger partial charge is 0.383 e. The van der Waals surface area contributed by atoms with Crippen molar-refractivity contribution >= 4 is 39.9 Å². The predicted molar refractivity (Wildman–Crippen MR) is 109 cm³/mol. The average molecular weight is 407 g/mol. The number of hydrogen-bond donors (Lipinski definition) is 1. The Bertz CT molecular complexity index is 950. The number of para-hydroxylation sites is 2. The third-order valence-corrected chi connectivity index (χ3v) is 5.77. The van der Waals surface area contributed by atoms with Crippen molar-refractivity contribution in [2.45, 2.75) is 39.3 Å². The van der Waals surface area contributed by atoms with Gasteiger partial charge in [0.2, 0.25) is 0 Å². The van der Waals surface area contributed by atoms with E-state index in [9.17, 15) is 4.79 Å². The zero-order valence-electron chi connectivity index (χ0n) is 15.8. The van der Waals surface area contributed by atoms with Gasteiger partial charge in [0, 0.05) is 18.5 Å². The van der Waals surface area contributed by atoms with Crippen LogP contribution in [0.1, 0.15) is 53.9 Å². The van der Waals surface area contributed by atoms with Crippen molar-refractivity contribution < 1.29 is 9.53 Å². The van der Waals surface area contributed by atoms with Crippen LogP contribution in [0.4, 0.5) is 0 Å². The van der Waals surface area contributed by atoms with Gasteiger partial charge in [0.15, 0.2) is 4.47 Å². The standard InChI is InChI=1S/C19H23ClN4O2S/c1-11(2)16-15(23-19(20)27-16)18(25)21-12(3)17-22-13-7-5-6-8-14(13)24(17)9-10-26-4/h5-8,11-12H,9-10H2,1-4H3,(H,21,25). The Balaban J connectivity index is 1.90. The average Bonchev–Trinajstić information content (AvgIpc) is 3.21. The molecule has 0 radical (unpaired) electrons. The first-order valence-corrected chi connectivity index (χ1v) is 10.0. The SMILES string of the molecule is COCCn1c(C(C)NC(=O)c2nc(Cl)sc2C(C)C)nc2ccccc21. The second kappa shape index (κ2) is 8.37. The maximum absolute atomic E-state index is 12.8. The van der Waals surface area contributed by atoms with Crippen LogP contribution in [0.5, 0.6) is 0 Å². The number of methoxy groups -OCH3 is 1. The molecule has 3 rings (SSSR count). The predicted octanol–water partition coefficient (Wildman–Crippen LogP) is 4.41. The number of ether oxygens (including phenoxy) is 1. The summed E-state index contributed by atoms with van der Waals surface area (Å²) in [6.07, 6.45) is 0. The van der Waals surface area contributed by atoms with E-state index < -0.39 is 0 Å². The molecule has 1 amide bonds. The fraction of sp³-hybridized carbons (Fsp3) is 0.421. The molecule has 8 heteroatoms. The Hall–Kier alpha value is -1.96. The van der Waals surface area contributed by atoms with E-state index in [0.29, 0.717) is 23.3 Å². The molecule has 2 heterocycles. The third kappa shape index (κ3) is 4.15. The number of benzene rings is 1. The number of aromatic nitrogens is 3. The van der Waals surface area contributed by atoms with Gasteiger partial charge in [-0.3, -0.25) is 4.79 Å². The number of amides is 1. The first kappa shape index (κ1) is 19.8. The van der Waals surface area contributed by atoms with Gasteiger partial charge in [-0.05, 0) is 25.0 Å². The van der Waals surface area contributed by atoms with Gasteiger partial charge in [0.1, 0.15) is 11.5 Å². The smallest absolute Gasteiger partial charge is 0.271 e. The molecule has 0 aliphatic heterocycles. The van der Waals surface area contributed by atoms with Crippen molar-refractivity contribution in [2.75, 3.05) is 13.7 Å². The molecule has 0 saturated heterocycles. The second-order valence-corrected chi connectivity index (χ2v) is 8.25. The van der Waals surface area contributed by atoms with Gasteiger partial charge in [-0.15, -0.1) is 11.3 Å². The first-order chi connectivity index (χ1) is 12.9. The lowest BCUT2D eigenvalue weighted by molar-refractivity contribution is 0.0931. The molecule has 6 nitrogen and oxygen atoms in total. The maximum Gasteiger partial charge on any atom is 0.271 e. The summed E-state index contributed by atoms with van der Waals surface area (Å²) in [7, 11) is 1.67. The molecular weight excluding hydrogens is 384 g/mol. The van der Waals surface area contributed by atoms with Crippen molar-refractivity contribution in [3.8, 4) is 0 Å². The summed E-state index contributed by atoms with van der Waals surface area (Å²) in [6, 6.07) is 7.63. The summed E-state index contributed by atoms with van der Waals surface area (Å²) >= 11 is 7.39. The summed E-state index contributed by atoms with van der Waals surface area (Å²) in [4.78, 5) is 22.6. The first-order valence-electron chi connectivity index (χ1n) is 8.83. The Kier molecular flexibility index (Phi) is 6.14. The number of thiazole rings is 1. The highest BCUT2D eigenvalue weighted by atomic mass is 35.5. The van der Waals surface area contributed by atoms with Gasteiger partial charge in [0.05, 0.1) is 23.7 Å². The highest BCUT2D eigenvalue weighted by Crippen LogP contribution is 2.30. The fourth-order valence-corrected chi connectivity index (χ4v) is 4.15. The van der Waals surface area contributed by atoms with Crippen LogP contribution >= 0.6 is 22.9 Å². The number of carbonyl (C=O) groups excluding carboxylic acids is 1. The summed E-state index contributed by atoms with van der Waals surface area (Å²) in [5.41, 5.74) is 2.31. The van der Waals surface area contributed by atoms with Gasteiger partial charge in [-0.25, -0.2) is 9.97 Å². The molecule has 0 fully saturated rings. The van der Waals surface area contributed by atoms with Gasteiger partial charge < -0.3 is 14.6 Å². The van der Waals surface area contributed by atoms with E-state index in [1.807, 2.05) is 45.0 Å². The van der Waals surface area contributed by atoms with E-state index >= 15 is 0 Å². The van der Waals surface area contributed by atoms with Crippen molar-refractivity contribution in [1.29, 1.82) is 0 Å². The molecule has 0 saturated carbocycles. The zero-order valence-corrected chi connectivity index (χ0v) is 17.4. The molecule has 0 aliphatic rings. The van der Waals surface area contributed by atoms with E-state index in [1.165, 1.54) is 11.3 Å². The molecule has 1 atom stereocenters. The highest BCUT2D eigenvalue weighted by molar-refractivity contribution is 7.16. The molecule has 144 valence electrons. The lowest BCUT2D eigenvalue weighted by Crippen LogP contribution is -2.30. The normalized spacial score (nSPS) is 12.7. The molecule has 1 aromatic carbocycles. The number of nitrogens with zero attached hydrogens (tertiary/aromatic N) is 3. The van der Waals surface area contributed by atoms with E-state index in [-0.39, 0.29) is 17.9 Å². The lowest BCUT2D eigenvalue weighted by atomic mass is 10.1. The van der Waals surface area contributed by atoms with Gasteiger partial charge in [-0.1, -0.05) is 37.6 Å². The Morgan fingerprint density at radius 1 is 1.30 bits per heavy atom. The number of fused-ring (bicyclic) bond motifs is 1. The Labute approximate surface area is 167 Å². The van der Waals surface area contributed by atoms with Crippen LogP contribution in [-0.2, 0) is 11.3 Å². The molecule has 1 N–H and O–H groups in total. The fourth-order valence-electron chi connectivity index (χ4n) is 3.03. The molecule has 0 aliphatic carbocycles. The van der Waals surface area contributed by atoms with E-state index in [0.717, 1.165) is 21.7 Å². The quantitative estimate of drug-likeness (QED) is 0.631. The van der Waals surface area contributed by atoms with Crippen molar-refractivity contribution in [3.05, 3.63) is 45.1 Å². The van der Waals surface area contributed by atoms with Crippen LogP contribution in [0, 0.1) is 0 Å². The minimum Gasteiger partial charge on any atom is -0.383 e. The van der Waals surface area contributed by atoms with Gasteiger partial charge in [0.25, 0.3) is 5.91 Å². The molecule has 1 unspecified atom stereocenters. The lowest BCUT2D eigenvalue weighted by Gasteiger charge is -2.16. The molecular formula is C19H23ClN4O2S. The van der Waals surface area contributed by atoms with Gasteiger partial charge >= 0.3 is 0 Å². The van der Waals surface area contributed by atoms with Crippen LogP contribution in [0.3, 0.4) is 0 Å². The van der Waals surface area contributed by atoms with Crippen LogP contribution in [0.2, 0.25) is 4.47 Å². The second-order valence-electron chi connectivity index (χ2n) is 6.63. The van der Waals surface area contributed by atoms with E-state index in [1.54, 1.807) is 7.11 Å². The van der Waals surface area contributed by atoms with Crippen LogP contribution in [-0.4, -0.2) is 34.2 Å². The maximum atomic E-state index is 12.8. The van der Waals surface area contributed by atoms with Crippen molar-refractivity contribution in [2.24, 2.45) is 0 Å². The topological polar surface area (TPSA) is 69.0 Å². The molecule has 0 spiro atoms. The number of halogens is 1. The number of carbonyl (C=O) groups is 1. The minimum absolute atomic E-state index is 0.178. The molecule has 27 heavy (non-hydrogen) atoms. The zero-order chi connectivity index (χ0) is 19.6. The van der Waals surface area contributed by atoms with E-state index in [2.05, 4.69) is 14.9 Å². The van der Waals surface area contributed by atoms with Crippen molar-refractivity contribution in [1.82, 2.24) is 19.9 Å². The highest BCUT2D eigenvalue weighted by Gasteiger charge is 2.24. The van der Waals surface area contributed by atoms with Crippen molar-refractivity contribution in [3.63, 3.8) is 0 Å². The van der Waals surface area contributed by atoms with E-state index in [4.69, 9.17) is 21.3 Å². The minimum atomic E-state index is -0.290. The Morgan fingerprint density at radius 3 is 2.74 bits per heavy atom. The third-order valence-electron chi connectivity index (χ3n) is 4.30. The van der Waals surface area contributed by atoms with Crippen LogP contribution in [0.15, 0.2) is 24.3 Å². The summed E-state index contributed by atoms with van der Waals surface area (Å²) in [5.74, 6) is 0.728. The molecule has 2 aromatic heterocycles. The monoisotopic (exact) mass is 406 g/mol. The number of nitrogens with one attached hydrogen (secondary N) is 1. The number of rotatable bonds is 7. The molecule has 3 aromatic rings. The Morgan fingerprint density at radius 2 is 2.04 bits per heavy atom. The molecule has 0 bridgehead atoms. The van der Waals surface area contributed by atoms with Crippen LogP contribution < -0.4 is 5.32 Å². The summed E-state index contributed by atoms with van der Waals surface area (Å²) < 4.78 is 7.70. The number of hydrogen-bond acceptors (Lipinski definition) is 5. The summed E-state index contributed by atoms with van der Waals surface area (Å²) in [6.45, 7) is 7.19. The number of imidazole rings is 1. The van der Waals surface area contributed by atoms with Crippen LogP contribution in [0.25, 0.3) is 11.0 Å². The van der Waals surface area contributed by atoms with Gasteiger partial charge in [-0.2, -0.15) is 0 Å². The summed E-state index contributed by atoms with van der Waals surface area (Å²) in [5, 5.41) is 3.02.